The van der Waals surface area contributed by atoms with Crippen molar-refractivity contribution in [2.45, 2.75) is 4.90 Å². The number of benzene rings is 1. The molecule has 0 amide bonds. The van der Waals surface area contributed by atoms with Gasteiger partial charge in [0.25, 0.3) is 10.0 Å². The molecule has 1 aromatic heterocycles. The predicted octanol–water partition coefficient (Wildman–Crippen LogP) is 1.74. The minimum absolute atomic E-state index is 0.0161. The Balaban J connectivity index is 2.34. The number of aromatic nitrogens is 1. The lowest BCUT2D eigenvalue weighted by Crippen LogP contribution is -2.13. The third kappa shape index (κ3) is 3.16. The molecule has 0 saturated heterocycles. The summed E-state index contributed by atoms with van der Waals surface area (Å²) in [6.07, 6.45) is 1.01. The lowest BCUT2D eigenvalue weighted by Gasteiger charge is -2.08. The van der Waals surface area contributed by atoms with Crippen molar-refractivity contribution in [3.63, 3.8) is 0 Å². The molecule has 0 aliphatic carbocycles. The normalized spacial score (nSPS) is 11.3. The fourth-order valence-corrected chi connectivity index (χ4v) is 2.50. The van der Waals surface area contributed by atoms with Crippen molar-refractivity contribution in [1.82, 2.24) is 4.98 Å². The largest absolute Gasteiger partial charge is 0.399 e. The minimum Gasteiger partial charge on any atom is -0.399 e. The predicted molar refractivity (Wildman–Crippen MR) is 65.8 cm³/mol. The van der Waals surface area contributed by atoms with Crippen molar-refractivity contribution in [3.8, 4) is 0 Å². The first kappa shape index (κ1) is 13.2. The summed E-state index contributed by atoms with van der Waals surface area (Å²) in [6, 6.07) is 5.14. The van der Waals surface area contributed by atoms with Crippen molar-refractivity contribution in [3.05, 3.63) is 48.3 Å². The molecule has 5 nitrogen and oxygen atoms in total. The highest BCUT2D eigenvalue weighted by Gasteiger charge is 2.16. The van der Waals surface area contributed by atoms with Gasteiger partial charge in [0.2, 0.25) is 5.95 Å². The zero-order valence-electron chi connectivity index (χ0n) is 9.47. The molecule has 0 aliphatic heterocycles. The number of nitrogen functional groups attached to an aromatic ring is 1. The minimum atomic E-state index is -4.00. The van der Waals surface area contributed by atoms with Gasteiger partial charge >= 0.3 is 0 Å². The lowest BCUT2D eigenvalue weighted by molar-refractivity contribution is 0.583. The molecule has 1 aromatic carbocycles. The van der Waals surface area contributed by atoms with Gasteiger partial charge in [0.15, 0.2) is 0 Å². The highest BCUT2D eigenvalue weighted by Crippen LogP contribution is 2.19. The van der Waals surface area contributed by atoms with Crippen LogP contribution in [0.5, 0.6) is 0 Å². The smallest absolute Gasteiger partial charge is 0.262 e. The van der Waals surface area contributed by atoms with Crippen molar-refractivity contribution in [1.29, 1.82) is 0 Å². The first-order valence-electron chi connectivity index (χ1n) is 5.07. The van der Waals surface area contributed by atoms with Crippen LogP contribution >= 0.6 is 0 Å². The van der Waals surface area contributed by atoms with Gasteiger partial charge in [0.05, 0.1) is 16.8 Å². The molecule has 1 heterocycles. The van der Waals surface area contributed by atoms with E-state index in [0.717, 1.165) is 30.5 Å². The van der Waals surface area contributed by atoms with Gasteiger partial charge in [-0.25, -0.2) is 17.8 Å². The maximum atomic E-state index is 13.1. The summed E-state index contributed by atoms with van der Waals surface area (Å²) < 4.78 is 51.7. The summed E-state index contributed by atoms with van der Waals surface area (Å²) in [6.45, 7) is 0. The van der Waals surface area contributed by atoms with Gasteiger partial charge in [-0.05, 0) is 30.3 Å². The molecule has 0 bridgehead atoms. The monoisotopic (exact) mass is 285 g/mol. The molecule has 2 aromatic rings. The molecule has 8 heteroatoms. The van der Waals surface area contributed by atoms with Crippen LogP contribution in [0, 0.1) is 11.8 Å². The topological polar surface area (TPSA) is 85.1 Å². The summed E-state index contributed by atoms with van der Waals surface area (Å²) in [4.78, 5) is 2.97. The average molecular weight is 285 g/mol. The van der Waals surface area contributed by atoms with Crippen LogP contribution in [0.1, 0.15) is 0 Å². The third-order valence-electron chi connectivity index (χ3n) is 2.18. The summed E-state index contributed by atoms with van der Waals surface area (Å²) >= 11 is 0. The van der Waals surface area contributed by atoms with Gasteiger partial charge in [0.1, 0.15) is 5.82 Å². The van der Waals surface area contributed by atoms with E-state index in [1.807, 2.05) is 0 Å². The fraction of sp³-hybridized carbons (Fsp3) is 0. The molecule has 0 radical (unpaired) electrons. The molecule has 0 unspecified atom stereocenters. The molecule has 0 spiro atoms. The van der Waals surface area contributed by atoms with Crippen LogP contribution in [0.15, 0.2) is 41.4 Å². The first-order chi connectivity index (χ1) is 8.87. The summed E-state index contributed by atoms with van der Waals surface area (Å²) in [7, 11) is -4.00. The van der Waals surface area contributed by atoms with Gasteiger partial charge in [-0.15, -0.1) is 0 Å². The van der Waals surface area contributed by atoms with E-state index in [1.54, 1.807) is 0 Å². The Morgan fingerprint density at radius 2 is 1.89 bits per heavy atom. The molecular weight excluding hydrogens is 276 g/mol. The van der Waals surface area contributed by atoms with Crippen LogP contribution < -0.4 is 10.5 Å². The number of sulfonamides is 1. The van der Waals surface area contributed by atoms with Crippen LogP contribution in [0.3, 0.4) is 0 Å². The van der Waals surface area contributed by atoms with E-state index in [0.29, 0.717) is 0 Å². The summed E-state index contributed by atoms with van der Waals surface area (Å²) in [5.74, 6) is -1.50. The average Bonchev–Trinajstić information content (AvgIpc) is 2.31. The van der Waals surface area contributed by atoms with E-state index in [-0.39, 0.29) is 16.3 Å². The van der Waals surface area contributed by atoms with E-state index in [2.05, 4.69) is 9.71 Å². The Kier molecular flexibility index (Phi) is 3.34. The third-order valence-corrected chi connectivity index (χ3v) is 3.54. The molecule has 0 fully saturated rings. The number of rotatable bonds is 3. The van der Waals surface area contributed by atoms with E-state index >= 15 is 0 Å². The molecular formula is C11H9F2N3O2S. The van der Waals surface area contributed by atoms with Crippen LogP contribution in [-0.2, 0) is 10.0 Å². The zero-order valence-corrected chi connectivity index (χ0v) is 10.3. The van der Waals surface area contributed by atoms with Crippen molar-refractivity contribution in [2.24, 2.45) is 0 Å². The Labute approximate surface area is 108 Å². The number of hydrogen-bond donors (Lipinski definition) is 2. The van der Waals surface area contributed by atoms with Crippen LogP contribution in [0.4, 0.5) is 20.2 Å². The van der Waals surface area contributed by atoms with E-state index in [1.165, 1.54) is 6.07 Å². The van der Waals surface area contributed by atoms with Crippen molar-refractivity contribution < 1.29 is 17.2 Å². The maximum absolute atomic E-state index is 13.1. The molecule has 100 valence electrons. The second kappa shape index (κ2) is 4.81. The zero-order chi connectivity index (χ0) is 14.0. The Morgan fingerprint density at radius 3 is 2.47 bits per heavy atom. The standard InChI is InChI=1S/C11H9F2N3O2S/c12-7-3-8(14)5-10(4-7)19(17,18)16-9-1-2-11(13)15-6-9/h1-6,16H,14H2. The summed E-state index contributed by atoms with van der Waals surface area (Å²) in [5, 5.41) is 0. The fourth-order valence-electron chi connectivity index (χ4n) is 1.39. The van der Waals surface area contributed by atoms with E-state index in [4.69, 9.17) is 5.73 Å². The van der Waals surface area contributed by atoms with Crippen LogP contribution in [-0.4, -0.2) is 13.4 Å². The molecule has 0 saturated carbocycles. The van der Waals surface area contributed by atoms with Crippen molar-refractivity contribution >= 4 is 21.4 Å². The number of nitrogens with one attached hydrogen (secondary N) is 1. The number of halogens is 2. The molecule has 0 atom stereocenters. The van der Waals surface area contributed by atoms with E-state index < -0.39 is 21.8 Å². The highest BCUT2D eigenvalue weighted by molar-refractivity contribution is 7.92. The Morgan fingerprint density at radius 1 is 1.16 bits per heavy atom. The van der Waals surface area contributed by atoms with Gasteiger partial charge in [-0.2, -0.15) is 4.39 Å². The van der Waals surface area contributed by atoms with Gasteiger partial charge in [-0.3, -0.25) is 4.72 Å². The molecule has 2 rings (SSSR count). The highest BCUT2D eigenvalue weighted by atomic mass is 32.2. The summed E-state index contributed by atoms with van der Waals surface area (Å²) in [5.41, 5.74) is 5.42. The Bertz CT molecular complexity index is 682. The first-order valence-corrected chi connectivity index (χ1v) is 6.55. The van der Waals surface area contributed by atoms with Gasteiger partial charge in [-0.1, -0.05) is 0 Å². The molecule has 19 heavy (non-hydrogen) atoms. The van der Waals surface area contributed by atoms with Gasteiger partial charge in [0, 0.05) is 5.69 Å². The molecule has 0 aliphatic rings. The Hall–Kier alpha value is -2.22. The number of nitrogens with two attached hydrogens (primary N) is 1. The second-order valence-electron chi connectivity index (χ2n) is 3.70. The van der Waals surface area contributed by atoms with Gasteiger partial charge < -0.3 is 5.73 Å². The second-order valence-corrected chi connectivity index (χ2v) is 5.38. The van der Waals surface area contributed by atoms with Crippen LogP contribution in [0.25, 0.3) is 0 Å². The number of pyridine rings is 1. The van der Waals surface area contributed by atoms with Crippen LogP contribution in [0.2, 0.25) is 0 Å². The quantitative estimate of drug-likeness (QED) is 0.664. The van der Waals surface area contributed by atoms with Crippen molar-refractivity contribution in [2.75, 3.05) is 10.5 Å². The van der Waals surface area contributed by atoms with E-state index in [9.17, 15) is 17.2 Å². The number of anilines is 2. The lowest BCUT2D eigenvalue weighted by atomic mass is 10.3. The maximum Gasteiger partial charge on any atom is 0.262 e. The number of hydrogen-bond acceptors (Lipinski definition) is 4. The molecule has 3 N–H and O–H groups in total. The SMILES string of the molecule is Nc1cc(F)cc(S(=O)(=O)Nc2ccc(F)nc2)c1. The number of nitrogens with zero attached hydrogens (tertiary/aromatic N) is 1.